The van der Waals surface area contributed by atoms with Crippen molar-refractivity contribution in [3.63, 3.8) is 0 Å². The second-order valence-electron chi connectivity index (χ2n) is 5.15. The Kier molecular flexibility index (Phi) is 4.74. The summed E-state index contributed by atoms with van der Waals surface area (Å²) in [5.74, 6) is -0.192. The van der Waals surface area contributed by atoms with Gasteiger partial charge in [-0.2, -0.15) is 0 Å². The van der Waals surface area contributed by atoms with E-state index in [0.717, 1.165) is 5.56 Å². The highest BCUT2D eigenvalue weighted by Crippen LogP contribution is 2.10. The van der Waals surface area contributed by atoms with Crippen molar-refractivity contribution in [3.05, 3.63) is 35.9 Å². The Labute approximate surface area is 119 Å². The Morgan fingerprint density at radius 3 is 2.55 bits per heavy atom. The van der Waals surface area contributed by atoms with Crippen LogP contribution in [0.4, 0.5) is 4.79 Å². The third-order valence-corrected chi connectivity index (χ3v) is 3.41. The topological polar surface area (TPSA) is 49.9 Å². The van der Waals surface area contributed by atoms with Crippen LogP contribution in [-0.2, 0) is 16.1 Å². The fourth-order valence-corrected chi connectivity index (χ4v) is 2.12. The average molecular weight is 276 g/mol. The van der Waals surface area contributed by atoms with Crippen LogP contribution in [-0.4, -0.2) is 47.5 Å². The van der Waals surface area contributed by atoms with E-state index in [0.29, 0.717) is 19.1 Å². The minimum absolute atomic E-state index is 0.192. The molecule has 2 amide bonds. The van der Waals surface area contributed by atoms with Crippen LogP contribution in [0.2, 0.25) is 0 Å². The molecule has 5 heteroatoms. The molecule has 0 atom stereocenters. The first kappa shape index (κ1) is 14.5. The molecule has 0 unspecified atom stereocenters. The quantitative estimate of drug-likeness (QED) is 0.845. The Bertz CT molecular complexity index is 473. The highest BCUT2D eigenvalue weighted by atomic mass is 16.6. The molecule has 0 saturated carbocycles. The van der Waals surface area contributed by atoms with Gasteiger partial charge in [0.05, 0.1) is 6.54 Å². The molecule has 0 spiro atoms. The van der Waals surface area contributed by atoms with E-state index in [4.69, 9.17) is 4.74 Å². The van der Waals surface area contributed by atoms with Gasteiger partial charge in [0.25, 0.3) is 0 Å². The Hall–Kier alpha value is -1.88. The fraction of sp³-hybridized carbons (Fsp3) is 0.467. The summed E-state index contributed by atoms with van der Waals surface area (Å²) in [6.07, 6.45) is -0.553. The molecule has 1 heterocycles. The zero-order valence-electron chi connectivity index (χ0n) is 11.9. The molecule has 0 aliphatic carbocycles. The normalized spacial score (nSPS) is 16.6. The van der Waals surface area contributed by atoms with Gasteiger partial charge in [0.2, 0.25) is 5.91 Å². The number of hydrogen-bond acceptors (Lipinski definition) is 4. The molecule has 1 aliphatic heterocycles. The van der Waals surface area contributed by atoms with Crippen LogP contribution in [0.15, 0.2) is 30.3 Å². The highest BCUT2D eigenvalue weighted by molar-refractivity contribution is 5.93. The van der Waals surface area contributed by atoms with E-state index in [9.17, 15) is 9.59 Å². The predicted molar refractivity (Wildman–Crippen MR) is 75.0 cm³/mol. The zero-order valence-corrected chi connectivity index (χ0v) is 11.9. The summed E-state index contributed by atoms with van der Waals surface area (Å²) in [6, 6.07) is 9.74. The molecule has 20 heavy (non-hydrogen) atoms. The second kappa shape index (κ2) is 6.52. The SMILES string of the molecule is CC(C)N1CCN(C(=O)OCc2ccccc2)C(=O)C1. The van der Waals surface area contributed by atoms with Gasteiger partial charge in [0.15, 0.2) is 0 Å². The molecule has 1 aromatic carbocycles. The predicted octanol–water partition coefficient (Wildman–Crippen LogP) is 1.88. The molecular weight excluding hydrogens is 256 g/mol. The summed E-state index contributed by atoms with van der Waals surface area (Å²) in [5, 5.41) is 0. The number of rotatable bonds is 3. The Morgan fingerprint density at radius 2 is 1.95 bits per heavy atom. The molecule has 0 bridgehead atoms. The number of carbonyl (C=O) groups is 2. The highest BCUT2D eigenvalue weighted by Gasteiger charge is 2.30. The molecule has 0 radical (unpaired) electrons. The number of hydrogen-bond donors (Lipinski definition) is 0. The first-order valence-corrected chi connectivity index (χ1v) is 6.83. The third kappa shape index (κ3) is 3.57. The van der Waals surface area contributed by atoms with Crippen molar-refractivity contribution in [2.45, 2.75) is 26.5 Å². The lowest BCUT2D eigenvalue weighted by atomic mass is 10.2. The molecule has 0 N–H and O–H groups in total. The van der Waals surface area contributed by atoms with Gasteiger partial charge in [-0.15, -0.1) is 0 Å². The van der Waals surface area contributed by atoms with E-state index in [-0.39, 0.29) is 19.1 Å². The maximum Gasteiger partial charge on any atom is 0.416 e. The van der Waals surface area contributed by atoms with Gasteiger partial charge in [0.1, 0.15) is 6.61 Å². The summed E-state index contributed by atoms with van der Waals surface area (Å²) >= 11 is 0. The lowest BCUT2D eigenvalue weighted by Crippen LogP contribution is -2.54. The molecule has 1 aliphatic rings. The summed E-state index contributed by atoms with van der Waals surface area (Å²) in [4.78, 5) is 27.1. The smallest absolute Gasteiger partial charge is 0.416 e. The van der Waals surface area contributed by atoms with Crippen molar-refractivity contribution >= 4 is 12.0 Å². The molecular formula is C15H20N2O3. The molecule has 5 nitrogen and oxygen atoms in total. The summed E-state index contributed by atoms with van der Waals surface area (Å²) < 4.78 is 5.18. The van der Waals surface area contributed by atoms with Gasteiger partial charge < -0.3 is 4.74 Å². The molecule has 1 saturated heterocycles. The van der Waals surface area contributed by atoms with Crippen molar-refractivity contribution in [2.75, 3.05) is 19.6 Å². The van der Waals surface area contributed by atoms with E-state index in [2.05, 4.69) is 0 Å². The minimum atomic E-state index is -0.553. The van der Waals surface area contributed by atoms with Gasteiger partial charge >= 0.3 is 6.09 Å². The van der Waals surface area contributed by atoms with E-state index in [1.165, 1.54) is 4.90 Å². The van der Waals surface area contributed by atoms with Gasteiger partial charge in [-0.1, -0.05) is 30.3 Å². The van der Waals surface area contributed by atoms with E-state index in [1.807, 2.05) is 49.1 Å². The standard InChI is InChI=1S/C15H20N2O3/c1-12(2)16-8-9-17(14(18)10-16)15(19)20-11-13-6-4-3-5-7-13/h3-7,12H,8-11H2,1-2H3. The van der Waals surface area contributed by atoms with Crippen LogP contribution in [0.5, 0.6) is 0 Å². The molecule has 1 aromatic rings. The largest absolute Gasteiger partial charge is 0.444 e. The zero-order chi connectivity index (χ0) is 14.5. The van der Waals surface area contributed by atoms with E-state index in [1.54, 1.807) is 0 Å². The second-order valence-corrected chi connectivity index (χ2v) is 5.15. The summed E-state index contributed by atoms with van der Waals surface area (Å²) in [7, 11) is 0. The first-order valence-electron chi connectivity index (χ1n) is 6.83. The fourth-order valence-electron chi connectivity index (χ4n) is 2.12. The number of ether oxygens (including phenoxy) is 1. The van der Waals surface area contributed by atoms with Crippen LogP contribution in [0.3, 0.4) is 0 Å². The third-order valence-electron chi connectivity index (χ3n) is 3.41. The van der Waals surface area contributed by atoms with Crippen LogP contribution in [0.1, 0.15) is 19.4 Å². The van der Waals surface area contributed by atoms with Gasteiger partial charge in [-0.3, -0.25) is 9.69 Å². The Balaban J connectivity index is 1.86. The van der Waals surface area contributed by atoms with Crippen molar-refractivity contribution in [1.29, 1.82) is 0 Å². The molecule has 2 rings (SSSR count). The number of nitrogens with zero attached hydrogens (tertiary/aromatic N) is 2. The van der Waals surface area contributed by atoms with Crippen molar-refractivity contribution in [1.82, 2.24) is 9.80 Å². The van der Waals surface area contributed by atoms with Crippen molar-refractivity contribution in [2.24, 2.45) is 0 Å². The lowest BCUT2D eigenvalue weighted by Gasteiger charge is -2.34. The monoisotopic (exact) mass is 276 g/mol. The van der Waals surface area contributed by atoms with E-state index >= 15 is 0 Å². The summed E-state index contributed by atoms with van der Waals surface area (Å²) in [5.41, 5.74) is 0.911. The number of benzene rings is 1. The van der Waals surface area contributed by atoms with Crippen molar-refractivity contribution in [3.8, 4) is 0 Å². The van der Waals surface area contributed by atoms with Gasteiger partial charge in [0, 0.05) is 19.1 Å². The number of amides is 2. The van der Waals surface area contributed by atoms with Crippen LogP contribution in [0, 0.1) is 0 Å². The molecule has 108 valence electrons. The minimum Gasteiger partial charge on any atom is -0.444 e. The average Bonchev–Trinajstić information content (AvgIpc) is 2.45. The van der Waals surface area contributed by atoms with Gasteiger partial charge in [-0.05, 0) is 19.4 Å². The van der Waals surface area contributed by atoms with E-state index < -0.39 is 6.09 Å². The molecule has 0 aromatic heterocycles. The Morgan fingerprint density at radius 1 is 1.25 bits per heavy atom. The number of carbonyl (C=O) groups excluding carboxylic acids is 2. The maximum atomic E-state index is 11.9. The van der Waals surface area contributed by atoms with Crippen LogP contribution in [0.25, 0.3) is 0 Å². The van der Waals surface area contributed by atoms with Crippen LogP contribution >= 0.6 is 0 Å². The van der Waals surface area contributed by atoms with Crippen molar-refractivity contribution < 1.29 is 14.3 Å². The lowest BCUT2D eigenvalue weighted by molar-refractivity contribution is -0.134. The molecule has 1 fully saturated rings. The summed E-state index contributed by atoms with van der Waals surface area (Å²) in [6.45, 7) is 5.64. The number of piperazine rings is 1. The maximum absolute atomic E-state index is 11.9. The number of imide groups is 1. The first-order chi connectivity index (χ1) is 9.58. The van der Waals surface area contributed by atoms with Gasteiger partial charge in [-0.25, -0.2) is 9.69 Å². The van der Waals surface area contributed by atoms with Crippen LogP contribution < -0.4 is 0 Å².